The summed E-state index contributed by atoms with van der Waals surface area (Å²) in [5, 5.41) is 11.3. The van der Waals surface area contributed by atoms with E-state index in [1.54, 1.807) is 0 Å². The summed E-state index contributed by atoms with van der Waals surface area (Å²) in [5.74, 6) is 0.758. The first-order valence-corrected chi connectivity index (χ1v) is 6.43. The van der Waals surface area contributed by atoms with Crippen molar-refractivity contribution in [3.05, 3.63) is 54.1 Å². The highest BCUT2D eigenvalue weighted by Crippen LogP contribution is 2.36. The van der Waals surface area contributed by atoms with Crippen molar-refractivity contribution in [3.8, 4) is 11.8 Å². The van der Waals surface area contributed by atoms with Gasteiger partial charge in [-0.05, 0) is 30.3 Å². The Morgan fingerprint density at radius 3 is 2.90 bits per heavy atom. The summed E-state index contributed by atoms with van der Waals surface area (Å²) in [5.41, 5.74) is 3.36. The van der Waals surface area contributed by atoms with E-state index in [-0.39, 0.29) is 0 Å². The van der Waals surface area contributed by atoms with Crippen LogP contribution in [0.5, 0.6) is 5.75 Å². The number of fused-ring (bicyclic) bond motifs is 4. The molecule has 2 heterocycles. The molecule has 0 fully saturated rings. The van der Waals surface area contributed by atoms with E-state index in [2.05, 4.69) is 17.1 Å². The number of allylic oxidation sites excluding steroid dienone is 1. The third kappa shape index (κ3) is 1.49. The van der Waals surface area contributed by atoms with E-state index < -0.39 is 0 Å². The number of nitriles is 1. The van der Waals surface area contributed by atoms with Gasteiger partial charge in [-0.25, -0.2) is 4.98 Å². The van der Waals surface area contributed by atoms with E-state index in [4.69, 9.17) is 4.74 Å². The average molecular weight is 258 g/mol. The summed E-state index contributed by atoms with van der Waals surface area (Å²) in [6, 6.07) is 16.2. The molecular formula is C17H10N2O. The maximum absolute atomic E-state index is 9.32. The smallest absolute Gasteiger partial charge is 0.129 e. The number of pyridine rings is 1. The molecular weight excluding hydrogens is 248 g/mol. The van der Waals surface area contributed by atoms with Crippen molar-refractivity contribution in [1.82, 2.24) is 4.98 Å². The summed E-state index contributed by atoms with van der Waals surface area (Å²) in [6.07, 6.45) is 1.82. The zero-order valence-electron chi connectivity index (χ0n) is 10.6. The molecule has 0 atom stereocenters. The SMILES string of the molecule is N#CC1=CCOc2ccc3nc4ccccc4cc3c21. The lowest BCUT2D eigenvalue weighted by atomic mass is 9.97. The molecule has 0 saturated carbocycles. The van der Waals surface area contributed by atoms with Crippen LogP contribution in [0.2, 0.25) is 0 Å². The summed E-state index contributed by atoms with van der Waals surface area (Å²) < 4.78 is 5.62. The van der Waals surface area contributed by atoms with Crippen molar-refractivity contribution in [3.63, 3.8) is 0 Å². The lowest BCUT2D eigenvalue weighted by Crippen LogP contribution is -2.04. The van der Waals surface area contributed by atoms with Crippen molar-refractivity contribution in [1.29, 1.82) is 5.26 Å². The highest BCUT2D eigenvalue weighted by molar-refractivity contribution is 6.03. The lowest BCUT2D eigenvalue weighted by Gasteiger charge is -2.17. The standard InChI is InChI=1S/C17H10N2O/c18-10-12-7-8-20-16-6-5-15-13(17(12)16)9-11-3-1-2-4-14(11)19-15/h1-7,9H,8H2. The van der Waals surface area contributed by atoms with Crippen LogP contribution in [-0.4, -0.2) is 11.6 Å². The number of para-hydroxylation sites is 1. The second-order valence-corrected chi connectivity index (χ2v) is 4.73. The van der Waals surface area contributed by atoms with Gasteiger partial charge in [0, 0.05) is 16.3 Å². The van der Waals surface area contributed by atoms with E-state index in [1.807, 2.05) is 42.5 Å². The van der Waals surface area contributed by atoms with Gasteiger partial charge in [0.25, 0.3) is 0 Å². The zero-order chi connectivity index (χ0) is 13.5. The van der Waals surface area contributed by atoms with Crippen molar-refractivity contribution in [2.45, 2.75) is 0 Å². The number of aromatic nitrogens is 1. The summed E-state index contributed by atoms with van der Waals surface area (Å²) in [7, 11) is 0. The third-order valence-corrected chi connectivity index (χ3v) is 3.58. The van der Waals surface area contributed by atoms with Gasteiger partial charge in [0.1, 0.15) is 12.4 Å². The highest BCUT2D eigenvalue weighted by Gasteiger charge is 2.17. The van der Waals surface area contributed by atoms with Crippen LogP contribution in [0.25, 0.3) is 27.4 Å². The predicted octanol–water partition coefficient (Wildman–Crippen LogP) is 3.69. The number of hydrogen-bond donors (Lipinski definition) is 0. The Balaban J connectivity index is 2.16. The topological polar surface area (TPSA) is 45.9 Å². The van der Waals surface area contributed by atoms with Crippen LogP contribution >= 0.6 is 0 Å². The Kier molecular flexibility index (Phi) is 2.24. The molecule has 0 saturated heterocycles. The van der Waals surface area contributed by atoms with Crippen molar-refractivity contribution < 1.29 is 4.74 Å². The van der Waals surface area contributed by atoms with Crippen LogP contribution in [-0.2, 0) is 0 Å². The Morgan fingerprint density at radius 2 is 2.00 bits per heavy atom. The molecule has 0 unspecified atom stereocenters. The second-order valence-electron chi connectivity index (χ2n) is 4.73. The predicted molar refractivity (Wildman–Crippen MR) is 78.3 cm³/mol. The van der Waals surface area contributed by atoms with E-state index in [0.717, 1.165) is 33.1 Å². The van der Waals surface area contributed by atoms with E-state index >= 15 is 0 Å². The van der Waals surface area contributed by atoms with E-state index in [9.17, 15) is 5.26 Å². The van der Waals surface area contributed by atoms with Gasteiger partial charge in [0.15, 0.2) is 0 Å². The van der Waals surface area contributed by atoms with Gasteiger partial charge >= 0.3 is 0 Å². The number of benzene rings is 2. The lowest BCUT2D eigenvalue weighted by molar-refractivity contribution is 0.358. The Bertz CT molecular complexity index is 919. The van der Waals surface area contributed by atoms with Crippen molar-refractivity contribution >= 4 is 27.4 Å². The monoisotopic (exact) mass is 258 g/mol. The number of ether oxygens (including phenoxy) is 1. The van der Waals surface area contributed by atoms with Gasteiger partial charge in [-0.2, -0.15) is 5.26 Å². The third-order valence-electron chi connectivity index (χ3n) is 3.58. The largest absolute Gasteiger partial charge is 0.489 e. The molecule has 94 valence electrons. The Hall–Kier alpha value is -2.86. The fraction of sp³-hybridized carbons (Fsp3) is 0.0588. The minimum Gasteiger partial charge on any atom is -0.489 e. The van der Waals surface area contributed by atoms with Crippen LogP contribution in [0.15, 0.2) is 48.5 Å². The maximum atomic E-state index is 9.32. The highest BCUT2D eigenvalue weighted by atomic mass is 16.5. The summed E-state index contributed by atoms with van der Waals surface area (Å²) in [6.45, 7) is 0.447. The van der Waals surface area contributed by atoms with Gasteiger partial charge in [-0.3, -0.25) is 0 Å². The van der Waals surface area contributed by atoms with E-state index in [0.29, 0.717) is 12.2 Å². The van der Waals surface area contributed by atoms with Gasteiger partial charge in [0.05, 0.1) is 22.7 Å². The molecule has 1 aliphatic heterocycles. The molecule has 0 spiro atoms. The maximum Gasteiger partial charge on any atom is 0.129 e. The number of nitrogens with zero attached hydrogens (tertiary/aromatic N) is 2. The molecule has 0 N–H and O–H groups in total. The fourth-order valence-corrected chi connectivity index (χ4v) is 2.65. The Morgan fingerprint density at radius 1 is 1.10 bits per heavy atom. The van der Waals surface area contributed by atoms with Gasteiger partial charge in [-0.1, -0.05) is 18.2 Å². The van der Waals surface area contributed by atoms with Gasteiger partial charge < -0.3 is 4.74 Å². The first kappa shape index (κ1) is 11.0. The van der Waals surface area contributed by atoms with Crippen LogP contribution in [0.4, 0.5) is 0 Å². The summed E-state index contributed by atoms with van der Waals surface area (Å²) in [4.78, 5) is 4.66. The number of hydrogen-bond acceptors (Lipinski definition) is 3. The second kappa shape index (κ2) is 4.07. The van der Waals surface area contributed by atoms with E-state index in [1.165, 1.54) is 0 Å². The zero-order valence-corrected chi connectivity index (χ0v) is 10.6. The molecule has 3 nitrogen and oxygen atoms in total. The molecule has 0 aliphatic carbocycles. The molecule has 3 aromatic rings. The molecule has 2 aromatic carbocycles. The average Bonchev–Trinajstić information content (AvgIpc) is 2.52. The molecule has 1 aliphatic rings. The molecule has 20 heavy (non-hydrogen) atoms. The normalized spacial score (nSPS) is 13.4. The van der Waals surface area contributed by atoms with Crippen LogP contribution in [0, 0.1) is 11.3 Å². The van der Waals surface area contributed by atoms with Crippen molar-refractivity contribution in [2.75, 3.05) is 6.61 Å². The molecule has 0 bridgehead atoms. The first-order valence-electron chi connectivity index (χ1n) is 6.43. The molecule has 0 amide bonds. The quantitative estimate of drug-likeness (QED) is 0.578. The van der Waals surface area contributed by atoms with Crippen LogP contribution in [0.3, 0.4) is 0 Å². The molecule has 3 heteroatoms. The molecule has 0 radical (unpaired) electrons. The minimum atomic E-state index is 0.447. The van der Waals surface area contributed by atoms with Crippen LogP contribution < -0.4 is 4.74 Å². The fourth-order valence-electron chi connectivity index (χ4n) is 2.65. The Labute approximate surface area is 115 Å². The van der Waals surface area contributed by atoms with Crippen molar-refractivity contribution in [2.24, 2.45) is 0 Å². The van der Waals surface area contributed by atoms with Gasteiger partial charge in [0.2, 0.25) is 0 Å². The van der Waals surface area contributed by atoms with Gasteiger partial charge in [-0.15, -0.1) is 0 Å². The summed E-state index contributed by atoms with van der Waals surface area (Å²) >= 11 is 0. The minimum absolute atomic E-state index is 0.447. The number of rotatable bonds is 0. The molecule has 4 rings (SSSR count). The van der Waals surface area contributed by atoms with Crippen LogP contribution in [0.1, 0.15) is 5.56 Å². The molecule has 1 aromatic heterocycles. The first-order chi connectivity index (χ1) is 9.86.